The number of methoxy groups -OCH3 is 1. The Morgan fingerprint density at radius 3 is 2.66 bits per heavy atom. The summed E-state index contributed by atoms with van der Waals surface area (Å²) in [5.74, 6) is 1.86. The second-order valence-electron chi connectivity index (χ2n) is 8.31. The summed E-state index contributed by atoms with van der Waals surface area (Å²) >= 11 is 0. The lowest BCUT2D eigenvalue weighted by molar-refractivity contribution is 0.0753. The van der Waals surface area contributed by atoms with Gasteiger partial charge in [-0.2, -0.15) is 5.10 Å². The SMILES string of the molecule is CCN1C(=O)c2[nH]nc(-c3ccccc3O)c2[C@H]1c1ccc(OCCC(C)C)c(OC)c1. The summed E-state index contributed by atoms with van der Waals surface area (Å²) in [6.07, 6.45) is 0.952. The van der Waals surface area contributed by atoms with Crippen LogP contribution in [0.25, 0.3) is 11.3 Å². The van der Waals surface area contributed by atoms with Crippen LogP contribution >= 0.6 is 0 Å². The Morgan fingerprint density at radius 2 is 1.97 bits per heavy atom. The fourth-order valence-electron chi connectivity index (χ4n) is 4.13. The van der Waals surface area contributed by atoms with Crippen molar-refractivity contribution in [3.8, 4) is 28.5 Å². The first-order valence-corrected chi connectivity index (χ1v) is 10.9. The second-order valence-corrected chi connectivity index (χ2v) is 8.31. The number of amides is 1. The molecule has 0 bridgehead atoms. The Kier molecular flexibility index (Phi) is 6.08. The highest BCUT2D eigenvalue weighted by Gasteiger charge is 2.42. The van der Waals surface area contributed by atoms with E-state index in [0.717, 1.165) is 17.5 Å². The monoisotopic (exact) mass is 435 g/mol. The quantitative estimate of drug-likeness (QED) is 0.532. The number of H-pyrrole nitrogens is 1. The number of aromatic hydroxyl groups is 1. The zero-order chi connectivity index (χ0) is 22.8. The normalized spacial score (nSPS) is 15.3. The van der Waals surface area contributed by atoms with Gasteiger partial charge < -0.3 is 19.5 Å². The molecule has 168 valence electrons. The number of aromatic amines is 1. The first-order valence-electron chi connectivity index (χ1n) is 10.9. The number of nitrogens with zero attached hydrogens (tertiary/aromatic N) is 2. The lowest BCUT2D eigenvalue weighted by Crippen LogP contribution is -2.29. The van der Waals surface area contributed by atoms with Crippen molar-refractivity contribution < 1.29 is 19.4 Å². The molecule has 0 saturated carbocycles. The van der Waals surface area contributed by atoms with E-state index in [1.54, 1.807) is 30.2 Å². The third-order valence-electron chi connectivity index (χ3n) is 5.82. The minimum Gasteiger partial charge on any atom is -0.507 e. The maximum absolute atomic E-state index is 13.1. The molecule has 1 atom stereocenters. The number of phenols is 1. The van der Waals surface area contributed by atoms with E-state index >= 15 is 0 Å². The van der Waals surface area contributed by atoms with Gasteiger partial charge in [0.15, 0.2) is 11.5 Å². The molecule has 7 nitrogen and oxygen atoms in total. The van der Waals surface area contributed by atoms with Crippen LogP contribution in [0.4, 0.5) is 0 Å². The number of phenolic OH excluding ortho intramolecular Hbond substituents is 1. The van der Waals surface area contributed by atoms with Crippen LogP contribution in [0.3, 0.4) is 0 Å². The van der Waals surface area contributed by atoms with Crippen molar-refractivity contribution in [2.45, 2.75) is 33.2 Å². The number of carbonyl (C=O) groups is 1. The zero-order valence-electron chi connectivity index (χ0n) is 18.9. The van der Waals surface area contributed by atoms with Crippen LogP contribution in [0.5, 0.6) is 17.2 Å². The summed E-state index contributed by atoms with van der Waals surface area (Å²) in [4.78, 5) is 14.9. The first-order chi connectivity index (χ1) is 15.5. The number of fused-ring (bicyclic) bond motifs is 1. The van der Waals surface area contributed by atoms with Gasteiger partial charge in [-0.1, -0.05) is 32.0 Å². The van der Waals surface area contributed by atoms with E-state index in [1.165, 1.54) is 0 Å². The fraction of sp³-hybridized carbons (Fsp3) is 0.360. The van der Waals surface area contributed by atoms with E-state index in [-0.39, 0.29) is 17.7 Å². The van der Waals surface area contributed by atoms with E-state index in [1.807, 2.05) is 31.2 Å². The summed E-state index contributed by atoms with van der Waals surface area (Å²) in [6, 6.07) is 12.4. The summed E-state index contributed by atoms with van der Waals surface area (Å²) in [7, 11) is 1.61. The fourth-order valence-corrected chi connectivity index (χ4v) is 4.13. The highest BCUT2D eigenvalue weighted by atomic mass is 16.5. The van der Waals surface area contributed by atoms with Crippen molar-refractivity contribution in [1.82, 2.24) is 15.1 Å². The molecule has 0 fully saturated rings. The van der Waals surface area contributed by atoms with E-state index in [0.29, 0.717) is 47.5 Å². The number of hydrogen-bond acceptors (Lipinski definition) is 5. The molecule has 1 aromatic heterocycles. The first kappa shape index (κ1) is 21.7. The molecule has 0 spiro atoms. The molecule has 32 heavy (non-hydrogen) atoms. The zero-order valence-corrected chi connectivity index (χ0v) is 18.9. The molecular formula is C25H29N3O4. The molecule has 1 aliphatic rings. The van der Waals surface area contributed by atoms with Gasteiger partial charge >= 0.3 is 0 Å². The van der Waals surface area contributed by atoms with Gasteiger partial charge in [-0.15, -0.1) is 0 Å². The average Bonchev–Trinajstić information content (AvgIpc) is 3.32. The second kappa shape index (κ2) is 8.94. The van der Waals surface area contributed by atoms with Crippen LogP contribution in [0.1, 0.15) is 54.8 Å². The number of carbonyl (C=O) groups excluding carboxylic acids is 1. The van der Waals surface area contributed by atoms with Gasteiger partial charge in [0, 0.05) is 17.7 Å². The maximum atomic E-state index is 13.1. The largest absolute Gasteiger partial charge is 0.507 e. The number of rotatable bonds is 8. The number of ether oxygens (including phenoxy) is 2. The summed E-state index contributed by atoms with van der Waals surface area (Å²) < 4.78 is 11.5. The van der Waals surface area contributed by atoms with Crippen LogP contribution in [0.2, 0.25) is 0 Å². The van der Waals surface area contributed by atoms with Crippen molar-refractivity contribution in [1.29, 1.82) is 0 Å². The third-order valence-corrected chi connectivity index (χ3v) is 5.82. The highest BCUT2D eigenvalue weighted by molar-refractivity contribution is 6.00. The Labute approximate surface area is 188 Å². The van der Waals surface area contributed by atoms with Gasteiger partial charge in [-0.05, 0) is 49.1 Å². The average molecular weight is 436 g/mol. The molecule has 0 saturated heterocycles. The van der Waals surface area contributed by atoms with E-state index < -0.39 is 0 Å². The van der Waals surface area contributed by atoms with Gasteiger partial charge in [0.1, 0.15) is 17.1 Å². The van der Waals surface area contributed by atoms with Crippen LogP contribution < -0.4 is 9.47 Å². The van der Waals surface area contributed by atoms with E-state index in [2.05, 4.69) is 24.0 Å². The molecule has 4 rings (SSSR count). The van der Waals surface area contributed by atoms with Crippen molar-refractivity contribution in [2.75, 3.05) is 20.3 Å². The standard InChI is InChI=1S/C25H29N3O4/c1-5-28-24(16-10-11-19(20(14-16)31-4)32-13-12-15(2)3)21-22(26-27-23(21)25(28)30)17-8-6-7-9-18(17)29/h6-11,14-15,24,29H,5,12-13H2,1-4H3,(H,26,27)/t24-/m1/s1. The van der Waals surface area contributed by atoms with E-state index in [4.69, 9.17) is 9.47 Å². The van der Waals surface area contributed by atoms with Crippen LogP contribution in [0.15, 0.2) is 42.5 Å². The molecular weight excluding hydrogens is 406 g/mol. The predicted molar refractivity (Wildman–Crippen MR) is 122 cm³/mol. The predicted octanol–water partition coefficient (Wildman–Crippen LogP) is 4.78. The maximum Gasteiger partial charge on any atom is 0.273 e. The van der Waals surface area contributed by atoms with Crippen LogP contribution in [-0.2, 0) is 0 Å². The molecule has 2 aromatic carbocycles. The van der Waals surface area contributed by atoms with Gasteiger partial charge in [0.25, 0.3) is 5.91 Å². The number of hydrogen-bond donors (Lipinski definition) is 2. The Bertz CT molecular complexity index is 1120. The summed E-state index contributed by atoms with van der Waals surface area (Å²) in [5.41, 5.74) is 3.26. The van der Waals surface area contributed by atoms with Gasteiger partial charge in [-0.25, -0.2) is 0 Å². The minimum atomic E-state index is -0.352. The van der Waals surface area contributed by atoms with E-state index in [9.17, 15) is 9.90 Å². The van der Waals surface area contributed by atoms with Crippen molar-refractivity contribution in [3.05, 3.63) is 59.3 Å². The van der Waals surface area contributed by atoms with Crippen molar-refractivity contribution in [3.63, 3.8) is 0 Å². The number of aromatic nitrogens is 2. The molecule has 0 radical (unpaired) electrons. The highest BCUT2D eigenvalue weighted by Crippen LogP contribution is 2.45. The number of para-hydroxylation sites is 1. The van der Waals surface area contributed by atoms with Gasteiger partial charge in [-0.3, -0.25) is 9.89 Å². The molecule has 0 unspecified atom stereocenters. The molecule has 1 aliphatic heterocycles. The van der Waals surface area contributed by atoms with Crippen molar-refractivity contribution >= 4 is 5.91 Å². The number of benzene rings is 2. The lowest BCUT2D eigenvalue weighted by atomic mass is 9.95. The molecule has 7 heteroatoms. The smallest absolute Gasteiger partial charge is 0.273 e. The molecule has 2 heterocycles. The van der Waals surface area contributed by atoms with Crippen molar-refractivity contribution in [2.24, 2.45) is 5.92 Å². The van der Waals surface area contributed by atoms with Crippen LogP contribution in [0, 0.1) is 5.92 Å². The van der Waals surface area contributed by atoms with Gasteiger partial charge in [0.05, 0.1) is 19.8 Å². The molecule has 3 aromatic rings. The Balaban J connectivity index is 1.77. The molecule has 0 aliphatic carbocycles. The molecule has 2 N–H and O–H groups in total. The minimum absolute atomic E-state index is 0.113. The third kappa shape index (κ3) is 3.79. The summed E-state index contributed by atoms with van der Waals surface area (Å²) in [6.45, 7) is 7.40. The Hall–Kier alpha value is -3.48. The molecule has 1 amide bonds. The number of nitrogens with one attached hydrogen (secondary N) is 1. The van der Waals surface area contributed by atoms with Crippen LogP contribution in [-0.4, -0.2) is 46.4 Å². The summed E-state index contributed by atoms with van der Waals surface area (Å²) in [5, 5.41) is 17.7. The lowest BCUT2D eigenvalue weighted by Gasteiger charge is -2.25. The topological polar surface area (TPSA) is 87.7 Å². The van der Waals surface area contributed by atoms with Gasteiger partial charge in [0.2, 0.25) is 0 Å². The Morgan fingerprint density at radius 1 is 1.19 bits per heavy atom.